The lowest BCUT2D eigenvalue weighted by Crippen LogP contribution is -2.44. The average Bonchev–Trinajstić information content (AvgIpc) is 2.90. The number of nitrogens with two attached hydrogens (primary N) is 1. The summed E-state index contributed by atoms with van der Waals surface area (Å²) in [5.74, 6) is 0.709. The number of aliphatic imine (C=N–C) groups is 1. The third-order valence-electron chi connectivity index (χ3n) is 2.20. The fourth-order valence-electron chi connectivity index (χ4n) is 1.26. The topological polar surface area (TPSA) is 50.8 Å². The second-order valence-electron chi connectivity index (χ2n) is 3.32. The normalized spacial score (nSPS) is 26.0. The molecule has 4 nitrogen and oxygen atoms in total. The lowest BCUT2D eigenvalue weighted by atomic mass is 10.4. The van der Waals surface area contributed by atoms with E-state index in [9.17, 15) is 0 Å². The standard InChI is InChI=1S/C8H15N3O/c9-8(10-7-1-2-7)11-3-5-12-6-4-11/h7H,1-6H2,(H2,9,10). The Bertz CT molecular complexity index is 183. The van der Waals surface area contributed by atoms with E-state index in [1.165, 1.54) is 12.8 Å². The molecule has 2 aliphatic rings. The highest BCUT2D eigenvalue weighted by atomic mass is 16.5. The first-order chi connectivity index (χ1) is 5.86. The fraction of sp³-hybridized carbons (Fsp3) is 0.875. The van der Waals surface area contributed by atoms with Crippen molar-refractivity contribution in [1.82, 2.24) is 4.90 Å². The molecule has 1 heterocycles. The summed E-state index contributed by atoms with van der Waals surface area (Å²) in [7, 11) is 0. The van der Waals surface area contributed by atoms with E-state index in [0.717, 1.165) is 26.3 Å². The highest BCUT2D eigenvalue weighted by Gasteiger charge is 2.22. The van der Waals surface area contributed by atoms with Crippen molar-refractivity contribution in [3.8, 4) is 0 Å². The predicted molar refractivity (Wildman–Crippen MR) is 47.0 cm³/mol. The van der Waals surface area contributed by atoms with Gasteiger partial charge in [0.15, 0.2) is 5.96 Å². The van der Waals surface area contributed by atoms with E-state index >= 15 is 0 Å². The van der Waals surface area contributed by atoms with Crippen molar-refractivity contribution < 1.29 is 4.74 Å². The van der Waals surface area contributed by atoms with E-state index in [0.29, 0.717) is 12.0 Å². The largest absolute Gasteiger partial charge is 0.378 e. The third-order valence-corrected chi connectivity index (χ3v) is 2.20. The molecule has 0 aromatic rings. The molecule has 1 saturated carbocycles. The van der Waals surface area contributed by atoms with Crippen LogP contribution in [0.3, 0.4) is 0 Å². The molecule has 0 aromatic heterocycles. The Balaban J connectivity index is 1.87. The van der Waals surface area contributed by atoms with Gasteiger partial charge in [0.1, 0.15) is 0 Å². The summed E-state index contributed by atoms with van der Waals surface area (Å²) in [4.78, 5) is 6.48. The molecule has 1 saturated heterocycles. The van der Waals surface area contributed by atoms with Crippen LogP contribution in [0.4, 0.5) is 0 Å². The molecule has 68 valence electrons. The lowest BCUT2D eigenvalue weighted by molar-refractivity contribution is 0.0674. The summed E-state index contributed by atoms with van der Waals surface area (Å²) in [6.45, 7) is 3.34. The van der Waals surface area contributed by atoms with Gasteiger partial charge in [0.25, 0.3) is 0 Å². The van der Waals surface area contributed by atoms with Crippen molar-refractivity contribution in [2.45, 2.75) is 18.9 Å². The van der Waals surface area contributed by atoms with Gasteiger partial charge in [0, 0.05) is 13.1 Å². The Kier molecular flexibility index (Phi) is 2.17. The summed E-state index contributed by atoms with van der Waals surface area (Å²) < 4.78 is 5.22. The summed E-state index contributed by atoms with van der Waals surface area (Å²) >= 11 is 0. The molecule has 1 aliphatic carbocycles. The van der Waals surface area contributed by atoms with Gasteiger partial charge in [-0.2, -0.15) is 0 Å². The number of ether oxygens (including phenoxy) is 1. The van der Waals surface area contributed by atoms with Gasteiger partial charge in [0.2, 0.25) is 0 Å². The number of rotatable bonds is 1. The maximum Gasteiger partial charge on any atom is 0.191 e. The molecule has 0 spiro atoms. The van der Waals surface area contributed by atoms with E-state index in [1.54, 1.807) is 0 Å². The predicted octanol–water partition coefficient (Wildman–Crippen LogP) is -0.204. The Morgan fingerprint density at radius 1 is 1.33 bits per heavy atom. The van der Waals surface area contributed by atoms with E-state index < -0.39 is 0 Å². The first-order valence-electron chi connectivity index (χ1n) is 4.52. The van der Waals surface area contributed by atoms with Crippen LogP contribution in [0, 0.1) is 0 Å². The molecular weight excluding hydrogens is 154 g/mol. The summed E-state index contributed by atoms with van der Waals surface area (Å²) in [5.41, 5.74) is 5.81. The average molecular weight is 169 g/mol. The maximum absolute atomic E-state index is 5.81. The molecule has 2 N–H and O–H groups in total. The lowest BCUT2D eigenvalue weighted by Gasteiger charge is -2.27. The van der Waals surface area contributed by atoms with E-state index in [4.69, 9.17) is 10.5 Å². The van der Waals surface area contributed by atoms with Crippen molar-refractivity contribution in [2.75, 3.05) is 26.3 Å². The van der Waals surface area contributed by atoms with Gasteiger partial charge in [-0.05, 0) is 12.8 Å². The minimum absolute atomic E-state index is 0.521. The van der Waals surface area contributed by atoms with Gasteiger partial charge in [-0.15, -0.1) is 0 Å². The number of hydrogen-bond donors (Lipinski definition) is 1. The van der Waals surface area contributed by atoms with Crippen LogP contribution < -0.4 is 5.73 Å². The van der Waals surface area contributed by atoms with E-state index in [1.807, 2.05) is 0 Å². The van der Waals surface area contributed by atoms with Crippen LogP contribution >= 0.6 is 0 Å². The fourth-order valence-corrected chi connectivity index (χ4v) is 1.26. The first-order valence-corrected chi connectivity index (χ1v) is 4.52. The minimum Gasteiger partial charge on any atom is -0.378 e. The van der Waals surface area contributed by atoms with Gasteiger partial charge in [-0.25, -0.2) is 4.99 Å². The Morgan fingerprint density at radius 2 is 2.00 bits per heavy atom. The molecule has 2 fully saturated rings. The monoisotopic (exact) mass is 169 g/mol. The van der Waals surface area contributed by atoms with Crippen molar-refractivity contribution in [3.05, 3.63) is 0 Å². The van der Waals surface area contributed by atoms with Crippen LogP contribution in [0.1, 0.15) is 12.8 Å². The summed E-state index contributed by atoms with van der Waals surface area (Å²) in [6.07, 6.45) is 2.43. The van der Waals surface area contributed by atoms with Crippen LogP contribution in [0.5, 0.6) is 0 Å². The molecule has 12 heavy (non-hydrogen) atoms. The molecule has 0 aromatic carbocycles. The number of nitrogens with zero attached hydrogens (tertiary/aromatic N) is 2. The van der Waals surface area contributed by atoms with E-state index in [-0.39, 0.29) is 0 Å². The van der Waals surface area contributed by atoms with Gasteiger partial charge in [-0.1, -0.05) is 0 Å². The Labute approximate surface area is 72.4 Å². The van der Waals surface area contributed by atoms with Crippen LogP contribution in [0.2, 0.25) is 0 Å². The van der Waals surface area contributed by atoms with Gasteiger partial charge < -0.3 is 15.4 Å². The minimum atomic E-state index is 0.521. The zero-order valence-electron chi connectivity index (χ0n) is 7.20. The number of morpholine rings is 1. The molecule has 2 rings (SSSR count). The van der Waals surface area contributed by atoms with Crippen LogP contribution in [-0.2, 0) is 4.74 Å². The first kappa shape index (κ1) is 7.86. The number of hydrogen-bond acceptors (Lipinski definition) is 2. The maximum atomic E-state index is 5.81. The highest BCUT2D eigenvalue weighted by Crippen LogP contribution is 2.23. The molecule has 1 aliphatic heterocycles. The molecule has 0 unspecified atom stereocenters. The molecule has 0 radical (unpaired) electrons. The molecule has 0 bridgehead atoms. The highest BCUT2D eigenvalue weighted by molar-refractivity contribution is 5.78. The molecule has 0 atom stereocenters. The second kappa shape index (κ2) is 3.31. The zero-order chi connectivity index (χ0) is 8.39. The van der Waals surface area contributed by atoms with Crippen LogP contribution in [0.15, 0.2) is 4.99 Å². The zero-order valence-corrected chi connectivity index (χ0v) is 7.20. The summed E-state index contributed by atoms with van der Waals surface area (Å²) in [5, 5.41) is 0. The van der Waals surface area contributed by atoms with Gasteiger partial charge >= 0.3 is 0 Å². The van der Waals surface area contributed by atoms with Crippen molar-refractivity contribution in [2.24, 2.45) is 10.7 Å². The second-order valence-corrected chi connectivity index (χ2v) is 3.32. The molecule has 4 heteroatoms. The van der Waals surface area contributed by atoms with Crippen molar-refractivity contribution in [1.29, 1.82) is 0 Å². The SMILES string of the molecule is NC(=NC1CC1)N1CCOCC1. The van der Waals surface area contributed by atoms with Gasteiger partial charge in [0.05, 0.1) is 19.3 Å². The smallest absolute Gasteiger partial charge is 0.191 e. The quantitative estimate of drug-likeness (QED) is 0.436. The van der Waals surface area contributed by atoms with Crippen LogP contribution in [-0.4, -0.2) is 43.2 Å². The Morgan fingerprint density at radius 3 is 2.58 bits per heavy atom. The van der Waals surface area contributed by atoms with Crippen LogP contribution in [0.25, 0.3) is 0 Å². The van der Waals surface area contributed by atoms with Crippen molar-refractivity contribution >= 4 is 5.96 Å². The summed E-state index contributed by atoms with van der Waals surface area (Å²) in [6, 6.07) is 0.521. The Hall–Kier alpha value is -0.770. The van der Waals surface area contributed by atoms with Gasteiger partial charge in [-0.3, -0.25) is 0 Å². The third kappa shape index (κ3) is 1.88. The van der Waals surface area contributed by atoms with Crippen molar-refractivity contribution in [3.63, 3.8) is 0 Å². The van der Waals surface area contributed by atoms with E-state index in [2.05, 4.69) is 9.89 Å². The molecule has 0 amide bonds. The molecular formula is C8H15N3O. The number of guanidine groups is 1.